The largest absolute Gasteiger partial charge is 0.312 e. The fraction of sp³-hybridized carbons (Fsp3) is 0.250. The van der Waals surface area contributed by atoms with Crippen LogP contribution < -0.4 is 4.90 Å². The summed E-state index contributed by atoms with van der Waals surface area (Å²) in [4.78, 5) is 14.4. The molecule has 0 radical (unpaired) electrons. The number of hydrogen-bond donors (Lipinski definition) is 0. The van der Waals surface area contributed by atoms with E-state index in [9.17, 15) is 4.79 Å². The van der Waals surface area contributed by atoms with Crippen molar-refractivity contribution in [3.63, 3.8) is 0 Å². The van der Waals surface area contributed by atoms with Crippen LogP contribution >= 0.6 is 11.8 Å². The molecule has 0 aliphatic rings. The summed E-state index contributed by atoms with van der Waals surface area (Å²) in [5.74, 6) is 1.18. The fourth-order valence-electron chi connectivity index (χ4n) is 2.71. The van der Waals surface area contributed by atoms with Gasteiger partial charge >= 0.3 is 0 Å². The summed E-state index contributed by atoms with van der Waals surface area (Å²) in [5, 5.41) is 9.27. The van der Waals surface area contributed by atoms with E-state index in [1.165, 1.54) is 17.3 Å². The quantitative estimate of drug-likeness (QED) is 0.620. The molecule has 1 amide bonds. The molecule has 1 heterocycles. The first-order valence-corrected chi connectivity index (χ1v) is 9.53. The number of amides is 1. The number of carbonyl (C=O) groups excluding carboxylic acids is 1. The molecule has 134 valence electrons. The predicted octanol–water partition coefficient (Wildman–Crippen LogP) is 3.94. The van der Waals surface area contributed by atoms with E-state index < -0.39 is 0 Å². The predicted molar refractivity (Wildman–Crippen MR) is 106 cm³/mol. The van der Waals surface area contributed by atoms with E-state index in [0.29, 0.717) is 12.3 Å². The summed E-state index contributed by atoms with van der Waals surface area (Å²) in [6, 6.07) is 17.9. The van der Waals surface area contributed by atoms with Gasteiger partial charge in [-0.1, -0.05) is 59.8 Å². The van der Waals surface area contributed by atoms with Crippen molar-refractivity contribution in [3.05, 3.63) is 60.2 Å². The van der Waals surface area contributed by atoms with Crippen LogP contribution in [0.5, 0.6) is 0 Å². The first kappa shape index (κ1) is 18.2. The lowest BCUT2D eigenvalue weighted by atomic mass is 10.1. The van der Waals surface area contributed by atoms with Crippen LogP contribution in [0.1, 0.15) is 12.5 Å². The molecule has 0 saturated carbocycles. The van der Waals surface area contributed by atoms with E-state index in [1.807, 2.05) is 61.0 Å². The third-order valence-electron chi connectivity index (χ3n) is 4.15. The van der Waals surface area contributed by atoms with Gasteiger partial charge in [-0.2, -0.15) is 0 Å². The Labute approximate surface area is 158 Å². The summed E-state index contributed by atoms with van der Waals surface area (Å²) >= 11 is 1.41. The standard InChI is InChI=1S/C20H22N4OS/c1-4-24(17-8-6-5-7-9-17)18(25)14-26-20-22-21-19(23(20)3)16-12-10-15(2)11-13-16/h5-13H,4,14H2,1-3H3. The number of para-hydroxylation sites is 1. The van der Waals surface area contributed by atoms with E-state index in [0.717, 1.165) is 22.2 Å². The average molecular weight is 366 g/mol. The third-order valence-corrected chi connectivity index (χ3v) is 5.16. The van der Waals surface area contributed by atoms with E-state index in [-0.39, 0.29) is 5.91 Å². The average Bonchev–Trinajstić information content (AvgIpc) is 3.03. The number of anilines is 1. The zero-order chi connectivity index (χ0) is 18.5. The first-order valence-electron chi connectivity index (χ1n) is 8.54. The molecule has 3 rings (SSSR count). The van der Waals surface area contributed by atoms with Gasteiger partial charge in [0.25, 0.3) is 0 Å². The first-order chi connectivity index (χ1) is 12.6. The van der Waals surface area contributed by atoms with E-state index >= 15 is 0 Å². The smallest absolute Gasteiger partial charge is 0.237 e. The minimum atomic E-state index is 0.0589. The number of aromatic nitrogens is 3. The minimum Gasteiger partial charge on any atom is -0.312 e. The number of carbonyl (C=O) groups is 1. The van der Waals surface area contributed by atoms with Crippen LogP contribution in [-0.2, 0) is 11.8 Å². The van der Waals surface area contributed by atoms with Crippen molar-refractivity contribution >= 4 is 23.4 Å². The summed E-state index contributed by atoms with van der Waals surface area (Å²) in [7, 11) is 1.93. The van der Waals surface area contributed by atoms with E-state index in [2.05, 4.69) is 29.3 Å². The topological polar surface area (TPSA) is 51.0 Å². The van der Waals surface area contributed by atoms with Gasteiger partial charge in [-0.3, -0.25) is 4.79 Å². The molecule has 26 heavy (non-hydrogen) atoms. The Kier molecular flexibility index (Phi) is 5.73. The minimum absolute atomic E-state index is 0.0589. The van der Waals surface area contributed by atoms with Crippen LogP contribution in [0.2, 0.25) is 0 Å². The van der Waals surface area contributed by atoms with Crippen LogP contribution in [0.15, 0.2) is 59.8 Å². The Balaban J connectivity index is 1.70. The number of nitrogens with zero attached hydrogens (tertiary/aromatic N) is 4. The number of benzene rings is 2. The molecular formula is C20H22N4OS. The van der Waals surface area contributed by atoms with Gasteiger partial charge in [0.1, 0.15) is 0 Å². The number of hydrogen-bond acceptors (Lipinski definition) is 4. The lowest BCUT2D eigenvalue weighted by Gasteiger charge is -2.20. The Morgan fingerprint density at radius 3 is 2.42 bits per heavy atom. The highest BCUT2D eigenvalue weighted by molar-refractivity contribution is 7.99. The highest BCUT2D eigenvalue weighted by atomic mass is 32.2. The lowest BCUT2D eigenvalue weighted by Crippen LogP contribution is -2.32. The number of thioether (sulfide) groups is 1. The molecule has 0 saturated heterocycles. The molecule has 0 bridgehead atoms. The molecule has 0 fully saturated rings. The van der Waals surface area contributed by atoms with Gasteiger partial charge in [0, 0.05) is 24.8 Å². The van der Waals surface area contributed by atoms with Crippen LogP contribution in [0.25, 0.3) is 11.4 Å². The molecule has 6 heteroatoms. The van der Waals surface area contributed by atoms with E-state index in [1.54, 1.807) is 4.90 Å². The molecule has 0 atom stereocenters. The summed E-state index contributed by atoms with van der Waals surface area (Å²) in [5.41, 5.74) is 3.14. The van der Waals surface area contributed by atoms with Gasteiger partial charge in [-0.05, 0) is 26.0 Å². The van der Waals surface area contributed by atoms with Crippen molar-refractivity contribution in [2.45, 2.75) is 19.0 Å². The van der Waals surface area contributed by atoms with Gasteiger partial charge < -0.3 is 9.47 Å². The van der Waals surface area contributed by atoms with Crippen LogP contribution in [0.3, 0.4) is 0 Å². The van der Waals surface area contributed by atoms with Crippen molar-refractivity contribution in [1.82, 2.24) is 14.8 Å². The van der Waals surface area contributed by atoms with Crippen LogP contribution in [0, 0.1) is 6.92 Å². The Bertz CT molecular complexity index is 875. The van der Waals surface area contributed by atoms with Crippen molar-refractivity contribution < 1.29 is 4.79 Å². The molecule has 0 unspecified atom stereocenters. The second-order valence-corrected chi connectivity index (χ2v) is 6.94. The molecule has 0 aliphatic carbocycles. The van der Waals surface area contributed by atoms with Gasteiger partial charge in [0.15, 0.2) is 11.0 Å². The maximum absolute atomic E-state index is 12.6. The molecule has 5 nitrogen and oxygen atoms in total. The second-order valence-electron chi connectivity index (χ2n) is 5.99. The molecule has 0 N–H and O–H groups in total. The number of aryl methyl sites for hydroxylation is 1. The maximum Gasteiger partial charge on any atom is 0.237 e. The lowest BCUT2D eigenvalue weighted by molar-refractivity contribution is -0.116. The SMILES string of the molecule is CCN(C(=O)CSc1nnc(-c2ccc(C)cc2)n1C)c1ccccc1. The molecule has 1 aromatic heterocycles. The molecule has 3 aromatic rings. The number of rotatable bonds is 6. The maximum atomic E-state index is 12.6. The summed E-state index contributed by atoms with van der Waals surface area (Å²) < 4.78 is 1.93. The Morgan fingerprint density at radius 1 is 1.08 bits per heavy atom. The highest BCUT2D eigenvalue weighted by Gasteiger charge is 2.17. The molecule has 0 aliphatic heterocycles. The van der Waals surface area contributed by atoms with Gasteiger partial charge in [-0.15, -0.1) is 10.2 Å². The fourth-order valence-corrected chi connectivity index (χ4v) is 3.50. The van der Waals surface area contributed by atoms with Gasteiger partial charge in [0.05, 0.1) is 5.75 Å². The van der Waals surface area contributed by atoms with Crippen molar-refractivity contribution in [3.8, 4) is 11.4 Å². The monoisotopic (exact) mass is 366 g/mol. The molecule has 2 aromatic carbocycles. The normalized spacial score (nSPS) is 10.7. The highest BCUT2D eigenvalue weighted by Crippen LogP contribution is 2.24. The summed E-state index contributed by atoms with van der Waals surface area (Å²) in [6.45, 7) is 4.67. The van der Waals surface area contributed by atoms with Gasteiger partial charge in [0.2, 0.25) is 5.91 Å². The molecule has 0 spiro atoms. The summed E-state index contributed by atoms with van der Waals surface area (Å²) in [6.07, 6.45) is 0. The van der Waals surface area contributed by atoms with Crippen molar-refractivity contribution in [1.29, 1.82) is 0 Å². The Morgan fingerprint density at radius 2 is 1.77 bits per heavy atom. The zero-order valence-corrected chi connectivity index (χ0v) is 16.0. The van der Waals surface area contributed by atoms with Crippen LogP contribution in [-0.4, -0.2) is 33.0 Å². The third kappa shape index (κ3) is 3.96. The van der Waals surface area contributed by atoms with Crippen molar-refractivity contribution in [2.75, 3.05) is 17.2 Å². The van der Waals surface area contributed by atoms with Crippen LogP contribution in [0.4, 0.5) is 5.69 Å². The van der Waals surface area contributed by atoms with E-state index in [4.69, 9.17) is 0 Å². The zero-order valence-electron chi connectivity index (χ0n) is 15.2. The van der Waals surface area contributed by atoms with Crippen molar-refractivity contribution in [2.24, 2.45) is 7.05 Å². The second kappa shape index (κ2) is 8.19. The Hall–Kier alpha value is -2.60. The van der Waals surface area contributed by atoms with Gasteiger partial charge in [-0.25, -0.2) is 0 Å². The molecular weight excluding hydrogens is 344 g/mol.